The van der Waals surface area contributed by atoms with Gasteiger partial charge in [0.2, 0.25) is 0 Å². The van der Waals surface area contributed by atoms with E-state index in [9.17, 15) is 4.79 Å². The Bertz CT molecular complexity index is 1010. The Morgan fingerprint density at radius 2 is 1.94 bits per heavy atom. The molecule has 31 heavy (non-hydrogen) atoms. The van der Waals surface area contributed by atoms with E-state index in [2.05, 4.69) is 15.6 Å². The molecular weight excluding hydrogens is 388 g/mol. The summed E-state index contributed by atoms with van der Waals surface area (Å²) in [5.74, 6) is 1.21. The maximum absolute atomic E-state index is 13.3. The molecule has 1 aliphatic carbocycles. The molecule has 1 fully saturated rings. The number of benzene rings is 1. The maximum atomic E-state index is 13.3. The topological polar surface area (TPSA) is 67.7 Å². The van der Waals surface area contributed by atoms with Crippen molar-refractivity contribution in [2.24, 2.45) is 5.92 Å². The molecule has 2 aromatic heterocycles. The van der Waals surface area contributed by atoms with Crippen LogP contribution in [-0.2, 0) is 0 Å². The molecule has 2 heterocycles. The van der Waals surface area contributed by atoms with Crippen molar-refractivity contribution in [3.8, 4) is 5.75 Å². The number of hydrogen-bond acceptors (Lipinski definition) is 4. The predicted molar refractivity (Wildman–Crippen MR) is 123 cm³/mol. The number of imidazole rings is 1. The lowest BCUT2D eigenvalue weighted by atomic mass is 9.90. The summed E-state index contributed by atoms with van der Waals surface area (Å²) in [6, 6.07) is 13.7. The molecule has 0 bridgehead atoms. The number of fused-ring (bicyclic) bond motifs is 1. The van der Waals surface area contributed by atoms with Crippen LogP contribution in [0.2, 0.25) is 0 Å². The Morgan fingerprint density at radius 1 is 1.16 bits per heavy atom. The van der Waals surface area contributed by atoms with Crippen LogP contribution < -0.4 is 15.4 Å². The van der Waals surface area contributed by atoms with Gasteiger partial charge in [-0.2, -0.15) is 0 Å². The second-order valence-corrected chi connectivity index (χ2v) is 8.42. The lowest BCUT2D eigenvalue weighted by molar-refractivity contribution is 0.0930. The summed E-state index contributed by atoms with van der Waals surface area (Å²) in [4.78, 5) is 18.0. The van der Waals surface area contributed by atoms with E-state index >= 15 is 0 Å². The maximum Gasteiger partial charge on any atom is 0.270 e. The monoisotopic (exact) mass is 420 g/mol. The lowest BCUT2D eigenvalue weighted by Crippen LogP contribution is -2.35. The zero-order chi connectivity index (χ0) is 21.6. The molecule has 6 nitrogen and oxygen atoms in total. The van der Waals surface area contributed by atoms with Crippen LogP contribution in [0, 0.1) is 12.8 Å². The van der Waals surface area contributed by atoms with Crippen molar-refractivity contribution in [1.29, 1.82) is 0 Å². The highest BCUT2D eigenvalue weighted by atomic mass is 16.5. The molecule has 1 amide bonds. The van der Waals surface area contributed by atoms with Crippen LogP contribution in [0.3, 0.4) is 0 Å². The summed E-state index contributed by atoms with van der Waals surface area (Å²) in [6.07, 6.45) is 8.27. The smallest absolute Gasteiger partial charge is 0.270 e. The zero-order valence-electron chi connectivity index (χ0n) is 18.4. The van der Waals surface area contributed by atoms with Crippen molar-refractivity contribution in [1.82, 2.24) is 20.0 Å². The fraction of sp³-hybridized carbons (Fsp3) is 0.440. The molecule has 6 heteroatoms. The van der Waals surface area contributed by atoms with Crippen molar-refractivity contribution >= 4 is 11.6 Å². The molecule has 1 aliphatic rings. The number of pyridine rings is 1. The Kier molecular flexibility index (Phi) is 6.87. The van der Waals surface area contributed by atoms with E-state index in [1.54, 1.807) is 0 Å². The number of nitrogens with one attached hydrogen (secondary N) is 2. The number of aryl methyl sites for hydroxylation is 1. The van der Waals surface area contributed by atoms with Gasteiger partial charge < -0.3 is 15.4 Å². The highest BCUT2D eigenvalue weighted by Crippen LogP contribution is 2.27. The van der Waals surface area contributed by atoms with Crippen molar-refractivity contribution in [3.05, 3.63) is 65.6 Å². The Balaban J connectivity index is 1.55. The van der Waals surface area contributed by atoms with E-state index in [1.165, 1.54) is 32.1 Å². The molecule has 3 aromatic rings. The fourth-order valence-corrected chi connectivity index (χ4v) is 4.47. The van der Waals surface area contributed by atoms with Gasteiger partial charge in [0.05, 0.1) is 18.3 Å². The number of hydrogen-bond donors (Lipinski definition) is 2. The van der Waals surface area contributed by atoms with Crippen LogP contribution in [0.25, 0.3) is 5.65 Å². The fourth-order valence-electron chi connectivity index (χ4n) is 4.47. The third kappa shape index (κ3) is 4.90. The number of likely N-dealkylation sites (N-methyl/N-ethyl adjacent to an activating group) is 1. The minimum absolute atomic E-state index is 0.130. The molecule has 0 radical (unpaired) electrons. The number of nitrogens with zero attached hydrogens (tertiary/aromatic N) is 2. The first-order valence-corrected chi connectivity index (χ1v) is 11.3. The Morgan fingerprint density at radius 3 is 2.68 bits per heavy atom. The van der Waals surface area contributed by atoms with Gasteiger partial charge in [-0.1, -0.05) is 49.6 Å². The van der Waals surface area contributed by atoms with Crippen LogP contribution in [0.4, 0.5) is 0 Å². The van der Waals surface area contributed by atoms with E-state index in [0.29, 0.717) is 36.1 Å². The number of carbonyl (C=O) groups is 1. The largest absolute Gasteiger partial charge is 0.489 e. The molecule has 0 spiro atoms. The first-order valence-electron chi connectivity index (χ1n) is 11.3. The molecular formula is C25H32N4O2. The van der Waals surface area contributed by atoms with Gasteiger partial charge in [0, 0.05) is 12.7 Å². The van der Waals surface area contributed by atoms with Gasteiger partial charge in [-0.15, -0.1) is 0 Å². The quantitative estimate of drug-likeness (QED) is 0.570. The van der Waals surface area contributed by atoms with E-state index in [0.717, 1.165) is 11.3 Å². The molecule has 1 saturated carbocycles. The van der Waals surface area contributed by atoms with Crippen LogP contribution in [-0.4, -0.2) is 35.5 Å². The highest BCUT2D eigenvalue weighted by Gasteiger charge is 2.22. The Hall–Kier alpha value is -2.86. The molecule has 1 atom stereocenters. The summed E-state index contributed by atoms with van der Waals surface area (Å²) in [6.45, 7) is 3.23. The number of ether oxygens (including phenoxy) is 1. The molecule has 0 saturated heterocycles. The third-order valence-electron chi connectivity index (χ3n) is 6.12. The minimum atomic E-state index is -0.140. The van der Waals surface area contributed by atoms with Gasteiger partial charge >= 0.3 is 0 Å². The van der Waals surface area contributed by atoms with E-state index in [4.69, 9.17) is 4.74 Å². The van der Waals surface area contributed by atoms with Crippen LogP contribution >= 0.6 is 0 Å². The zero-order valence-corrected chi connectivity index (χ0v) is 18.4. The summed E-state index contributed by atoms with van der Waals surface area (Å²) >= 11 is 0. The van der Waals surface area contributed by atoms with Crippen molar-refractivity contribution in [2.75, 3.05) is 20.2 Å². The molecule has 0 aliphatic heterocycles. The number of aromatic nitrogens is 2. The van der Waals surface area contributed by atoms with Crippen LogP contribution in [0.5, 0.6) is 5.75 Å². The van der Waals surface area contributed by atoms with E-state index < -0.39 is 0 Å². The summed E-state index contributed by atoms with van der Waals surface area (Å²) in [5, 5.41) is 6.34. The minimum Gasteiger partial charge on any atom is -0.489 e. The lowest BCUT2D eigenvalue weighted by Gasteiger charge is -2.21. The first kappa shape index (κ1) is 21.4. The van der Waals surface area contributed by atoms with E-state index in [-0.39, 0.29) is 11.9 Å². The highest BCUT2D eigenvalue weighted by molar-refractivity contribution is 5.95. The predicted octanol–water partition coefficient (Wildman–Crippen LogP) is 4.29. The summed E-state index contributed by atoms with van der Waals surface area (Å²) in [5.41, 5.74) is 3.01. The van der Waals surface area contributed by atoms with E-state index in [1.807, 2.05) is 67.0 Å². The van der Waals surface area contributed by atoms with Crippen LogP contribution in [0.1, 0.15) is 59.9 Å². The SMILES string of the molecule is CNC[C@H](NC(=O)c1c(C)nc2c(OCC3CCCCC3)cccn12)c1ccccc1. The van der Waals surface area contributed by atoms with Gasteiger partial charge in [0.15, 0.2) is 11.4 Å². The second-order valence-electron chi connectivity index (χ2n) is 8.42. The first-order chi connectivity index (χ1) is 15.2. The van der Waals surface area contributed by atoms with Gasteiger partial charge in [-0.05, 0) is 50.4 Å². The Labute approximate surface area is 184 Å². The van der Waals surface area contributed by atoms with Crippen molar-refractivity contribution in [2.45, 2.75) is 45.1 Å². The number of amides is 1. The second kappa shape index (κ2) is 9.96. The normalized spacial score (nSPS) is 15.7. The van der Waals surface area contributed by atoms with Gasteiger partial charge in [0.1, 0.15) is 5.69 Å². The van der Waals surface area contributed by atoms with Crippen LogP contribution in [0.15, 0.2) is 48.7 Å². The number of carbonyl (C=O) groups excluding carboxylic acids is 1. The molecule has 4 rings (SSSR count). The summed E-state index contributed by atoms with van der Waals surface area (Å²) in [7, 11) is 1.89. The van der Waals surface area contributed by atoms with Crippen molar-refractivity contribution in [3.63, 3.8) is 0 Å². The summed E-state index contributed by atoms with van der Waals surface area (Å²) < 4.78 is 8.02. The molecule has 2 N–H and O–H groups in total. The van der Waals surface area contributed by atoms with Crippen molar-refractivity contribution < 1.29 is 9.53 Å². The standard InChI is InChI=1S/C25H32N4O2/c1-18-23(25(30)28-21(16-26-2)20-12-7-4-8-13-20)29-15-9-14-22(24(29)27-18)31-17-19-10-5-3-6-11-19/h4,7-9,12-15,19,21,26H,3,5-6,10-11,16-17H2,1-2H3,(H,28,30)/t21-/m0/s1. The average molecular weight is 421 g/mol. The van der Waals surface area contributed by atoms with Gasteiger partial charge in [-0.25, -0.2) is 4.98 Å². The molecule has 0 unspecified atom stereocenters. The number of rotatable bonds is 8. The third-order valence-corrected chi connectivity index (χ3v) is 6.12. The van der Waals surface area contributed by atoms with Gasteiger partial charge in [0.25, 0.3) is 5.91 Å². The molecule has 1 aromatic carbocycles. The van der Waals surface area contributed by atoms with Gasteiger partial charge in [-0.3, -0.25) is 9.20 Å². The molecule has 164 valence electrons. The average Bonchev–Trinajstić information content (AvgIpc) is 3.15.